The van der Waals surface area contributed by atoms with Crippen molar-refractivity contribution in [1.29, 1.82) is 0 Å². The molecule has 138 valence electrons. The minimum Gasteiger partial charge on any atom is -0.354 e. The number of anilines is 1. The van der Waals surface area contributed by atoms with E-state index in [2.05, 4.69) is 68.9 Å². The van der Waals surface area contributed by atoms with Crippen LogP contribution in [0, 0.1) is 0 Å². The van der Waals surface area contributed by atoms with Crippen LogP contribution in [0.15, 0.2) is 60.8 Å². The van der Waals surface area contributed by atoms with Crippen LogP contribution in [-0.2, 0) is 25.4 Å². The lowest BCUT2D eigenvalue weighted by Crippen LogP contribution is -2.30. The number of hydrogen-bond donors (Lipinski definition) is 0. The first kappa shape index (κ1) is 17.6. The highest BCUT2D eigenvalue weighted by atomic mass is 16.2. The molecule has 1 aliphatic rings. The molecule has 0 unspecified atom stereocenters. The van der Waals surface area contributed by atoms with Crippen LogP contribution < -0.4 is 4.90 Å². The highest BCUT2D eigenvalue weighted by Crippen LogP contribution is 2.32. The van der Waals surface area contributed by atoms with Gasteiger partial charge in [-0.2, -0.15) is 0 Å². The predicted octanol–water partition coefficient (Wildman–Crippen LogP) is 5.07. The van der Waals surface area contributed by atoms with Gasteiger partial charge in [0.1, 0.15) is 0 Å². The highest BCUT2D eigenvalue weighted by Gasteiger charge is 2.26. The maximum absolute atomic E-state index is 13.4. The Bertz CT molecular complexity index is 990. The number of nitrogens with zero attached hydrogens (tertiary/aromatic N) is 2. The van der Waals surface area contributed by atoms with Crippen LogP contribution in [0.1, 0.15) is 53.5 Å². The van der Waals surface area contributed by atoms with Crippen LogP contribution in [0.2, 0.25) is 0 Å². The van der Waals surface area contributed by atoms with Crippen molar-refractivity contribution in [1.82, 2.24) is 4.57 Å². The normalized spacial score (nSPS) is 13.7. The molecule has 0 N–H and O–H groups in total. The molecule has 0 spiro atoms. The zero-order chi connectivity index (χ0) is 19.2. The largest absolute Gasteiger partial charge is 0.354 e. The molecule has 0 radical (unpaired) electrons. The van der Waals surface area contributed by atoms with Gasteiger partial charge in [0.05, 0.1) is 6.54 Å². The van der Waals surface area contributed by atoms with Crippen molar-refractivity contribution in [3.63, 3.8) is 0 Å². The molecule has 2 heterocycles. The second kappa shape index (κ2) is 6.41. The number of benzene rings is 2. The van der Waals surface area contributed by atoms with Gasteiger partial charge in [0.2, 0.25) is 0 Å². The molecule has 0 saturated heterocycles. The van der Waals surface area contributed by atoms with Crippen molar-refractivity contribution >= 4 is 11.6 Å². The summed E-state index contributed by atoms with van der Waals surface area (Å²) in [5, 5.41) is 0. The minimum atomic E-state index is 0.0552. The average molecular weight is 358 g/mol. The summed E-state index contributed by atoms with van der Waals surface area (Å²) in [7, 11) is 2.07. The maximum atomic E-state index is 13.4. The molecule has 3 aromatic rings. The first-order valence-electron chi connectivity index (χ1n) is 9.48. The highest BCUT2D eigenvalue weighted by molar-refractivity contribution is 6.06. The van der Waals surface area contributed by atoms with Crippen molar-refractivity contribution in [3.8, 4) is 0 Å². The van der Waals surface area contributed by atoms with Gasteiger partial charge in [-0.1, -0.05) is 51.1 Å². The predicted molar refractivity (Wildman–Crippen MR) is 110 cm³/mol. The number of amides is 1. The lowest BCUT2D eigenvalue weighted by atomic mass is 9.86. The summed E-state index contributed by atoms with van der Waals surface area (Å²) in [6, 6.07) is 18.4. The van der Waals surface area contributed by atoms with E-state index in [-0.39, 0.29) is 11.3 Å². The van der Waals surface area contributed by atoms with E-state index in [0.717, 1.165) is 17.7 Å². The van der Waals surface area contributed by atoms with Gasteiger partial charge >= 0.3 is 0 Å². The fourth-order valence-corrected chi connectivity index (χ4v) is 3.81. The van der Waals surface area contributed by atoms with Gasteiger partial charge in [0, 0.05) is 36.6 Å². The smallest absolute Gasteiger partial charge is 0.258 e. The molecular formula is C24H26N2O. The Morgan fingerprint density at radius 3 is 2.33 bits per heavy atom. The van der Waals surface area contributed by atoms with Crippen LogP contribution in [-0.4, -0.2) is 10.5 Å². The monoisotopic (exact) mass is 358 g/mol. The first-order valence-corrected chi connectivity index (χ1v) is 9.48. The summed E-state index contributed by atoms with van der Waals surface area (Å²) in [5.41, 5.74) is 6.75. The van der Waals surface area contributed by atoms with Crippen molar-refractivity contribution < 1.29 is 4.79 Å². The van der Waals surface area contributed by atoms with E-state index in [1.807, 2.05) is 29.2 Å². The molecule has 0 atom stereocenters. The number of carbonyl (C=O) groups excluding carboxylic acids is 1. The fraction of sp³-hybridized carbons (Fsp3) is 0.292. The molecule has 3 nitrogen and oxygen atoms in total. The Hall–Kier alpha value is -2.81. The van der Waals surface area contributed by atoms with Crippen LogP contribution in [0.5, 0.6) is 0 Å². The van der Waals surface area contributed by atoms with Crippen molar-refractivity contribution in [3.05, 3.63) is 88.7 Å². The molecule has 4 rings (SSSR count). The average Bonchev–Trinajstić information content (AvgIpc) is 2.89. The van der Waals surface area contributed by atoms with Crippen molar-refractivity contribution in [2.45, 2.75) is 39.2 Å². The van der Waals surface area contributed by atoms with Gasteiger partial charge in [0.15, 0.2) is 0 Å². The lowest BCUT2D eigenvalue weighted by Gasteiger charge is -2.24. The molecule has 0 saturated carbocycles. The third kappa shape index (κ3) is 3.18. The molecule has 0 bridgehead atoms. The third-order valence-electron chi connectivity index (χ3n) is 5.51. The van der Waals surface area contributed by atoms with E-state index in [9.17, 15) is 4.79 Å². The van der Waals surface area contributed by atoms with E-state index in [0.29, 0.717) is 6.54 Å². The first-order chi connectivity index (χ1) is 12.8. The van der Waals surface area contributed by atoms with E-state index in [1.54, 1.807) is 0 Å². The molecule has 2 aromatic carbocycles. The van der Waals surface area contributed by atoms with Crippen LogP contribution in [0.25, 0.3) is 0 Å². The molecular weight excluding hydrogens is 332 g/mol. The Morgan fingerprint density at radius 1 is 0.926 bits per heavy atom. The Labute approximate surface area is 161 Å². The SMILES string of the molecule is Cn1ccc2c1Cc1ccccc1N(C(=O)c1ccc(C(C)(C)C)cc1)C2. The number of aryl methyl sites for hydroxylation is 1. The number of fused-ring (bicyclic) bond motifs is 2. The topological polar surface area (TPSA) is 25.2 Å². The standard InChI is InChI=1S/C24H26N2O/c1-24(2,3)20-11-9-17(10-12-20)23(27)26-16-19-13-14-25(4)22(19)15-18-7-5-6-8-21(18)26/h5-14H,15-16H2,1-4H3. The van der Waals surface area contributed by atoms with E-state index >= 15 is 0 Å². The summed E-state index contributed by atoms with van der Waals surface area (Å²) >= 11 is 0. The quantitative estimate of drug-likeness (QED) is 0.596. The number of para-hydroxylation sites is 1. The molecule has 1 aromatic heterocycles. The van der Waals surface area contributed by atoms with Crippen molar-refractivity contribution in [2.75, 3.05) is 4.90 Å². The summed E-state index contributed by atoms with van der Waals surface area (Å²) in [4.78, 5) is 15.3. The van der Waals surface area contributed by atoms with E-state index < -0.39 is 0 Å². The summed E-state index contributed by atoms with van der Waals surface area (Å²) < 4.78 is 2.16. The van der Waals surface area contributed by atoms with Gasteiger partial charge in [-0.3, -0.25) is 4.79 Å². The molecule has 0 fully saturated rings. The third-order valence-corrected chi connectivity index (χ3v) is 5.51. The molecule has 27 heavy (non-hydrogen) atoms. The van der Waals surface area contributed by atoms with E-state index in [4.69, 9.17) is 0 Å². The zero-order valence-corrected chi connectivity index (χ0v) is 16.5. The van der Waals surface area contributed by atoms with E-state index in [1.165, 1.54) is 22.4 Å². The zero-order valence-electron chi connectivity index (χ0n) is 16.5. The Balaban J connectivity index is 1.74. The number of hydrogen-bond acceptors (Lipinski definition) is 1. The van der Waals surface area contributed by atoms with Gasteiger partial charge in [-0.15, -0.1) is 0 Å². The minimum absolute atomic E-state index is 0.0552. The number of aromatic nitrogens is 1. The van der Waals surface area contributed by atoms with Gasteiger partial charge in [-0.25, -0.2) is 0 Å². The van der Waals surface area contributed by atoms with Gasteiger partial charge in [-0.05, 0) is 46.4 Å². The number of rotatable bonds is 1. The lowest BCUT2D eigenvalue weighted by molar-refractivity contribution is 0.0985. The molecule has 0 aliphatic carbocycles. The summed E-state index contributed by atoms with van der Waals surface area (Å²) in [6.07, 6.45) is 2.93. The van der Waals surface area contributed by atoms with Gasteiger partial charge < -0.3 is 9.47 Å². The van der Waals surface area contributed by atoms with Crippen LogP contribution >= 0.6 is 0 Å². The Morgan fingerprint density at radius 2 is 1.63 bits per heavy atom. The fourth-order valence-electron chi connectivity index (χ4n) is 3.81. The van der Waals surface area contributed by atoms with Crippen molar-refractivity contribution in [2.24, 2.45) is 7.05 Å². The summed E-state index contributed by atoms with van der Waals surface area (Å²) in [6.45, 7) is 7.16. The van der Waals surface area contributed by atoms with Gasteiger partial charge in [0.25, 0.3) is 5.91 Å². The Kier molecular flexibility index (Phi) is 4.18. The second-order valence-corrected chi connectivity index (χ2v) is 8.42. The molecule has 1 aliphatic heterocycles. The molecule has 1 amide bonds. The van der Waals surface area contributed by atoms with Crippen LogP contribution in [0.3, 0.4) is 0 Å². The number of carbonyl (C=O) groups is 1. The van der Waals surface area contributed by atoms with Crippen LogP contribution in [0.4, 0.5) is 5.69 Å². The maximum Gasteiger partial charge on any atom is 0.258 e. The summed E-state index contributed by atoms with van der Waals surface area (Å²) in [5.74, 6) is 0.0552. The second-order valence-electron chi connectivity index (χ2n) is 8.42. The molecule has 3 heteroatoms.